The Morgan fingerprint density at radius 2 is 2.17 bits per heavy atom. The Labute approximate surface area is 107 Å². The van der Waals surface area contributed by atoms with Crippen molar-refractivity contribution in [1.82, 2.24) is 4.90 Å². The molecule has 1 unspecified atom stereocenters. The lowest BCUT2D eigenvalue weighted by atomic mass is 10.1. The van der Waals surface area contributed by atoms with Crippen LogP contribution in [0.2, 0.25) is 0 Å². The van der Waals surface area contributed by atoms with E-state index in [9.17, 15) is 9.18 Å². The Balaban J connectivity index is 1.84. The highest BCUT2D eigenvalue weighted by Gasteiger charge is 2.18. The number of ketones is 1. The second-order valence-electron chi connectivity index (χ2n) is 4.76. The van der Waals surface area contributed by atoms with Crippen molar-refractivity contribution in [2.45, 2.75) is 18.9 Å². The van der Waals surface area contributed by atoms with Crippen molar-refractivity contribution in [3.05, 3.63) is 35.6 Å². The molecule has 0 amide bonds. The van der Waals surface area contributed by atoms with Gasteiger partial charge >= 0.3 is 0 Å². The van der Waals surface area contributed by atoms with Crippen LogP contribution in [0.3, 0.4) is 0 Å². The number of rotatable bonds is 5. The topological polar surface area (TPSA) is 29.5 Å². The highest BCUT2D eigenvalue weighted by atomic mass is 19.1. The third kappa shape index (κ3) is 3.62. The number of benzene rings is 1. The molecule has 1 aliphatic heterocycles. The minimum atomic E-state index is -0.320. The molecular formula is C14H18FNO2. The molecule has 0 aliphatic carbocycles. The van der Waals surface area contributed by atoms with Gasteiger partial charge in [-0.3, -0.25) is 9.69 Å². The lowest BCUT2D eigenvalue weighted by Crippen LogP contribution is -2.33. The van der Waals surface area contributed by atoms with Crippen LogP contribution < -0.4 is 0 Å². The zero-order valence-corrected chi connectivity index (χ0v) is 10.6. The number of halogens is 1. The van der Waals surface area contributed by atoms with E-state index in [1.807, 2.05) is 11.9 Å². The molecule has 0 spiro atoms. The first-order valence-electron chi connectivity index (χ1n) is 6.24. The van der Waals surface area contributed by atoms with Gasteiger partial charge in [0, 0.05) is 18.7 Å². The van der Waals surface area contributed by atoms with E-state index in [2.05, 4.69) is 0 Å². The van der Waals surface area contributed by atoms with Crippen LogP contribution in [0.4, 0.5) is 4.39 Å². The van der Waals surface area contributed by atoms with E-state index in [1.54, 1.807) is 0 Å². The van der Waals surface area contributed by atoms with Crippen molar-refractivity contribution in [2.24, 2.45) is 0 Å². The van der Waals surface area contributed by atoms with Crippen LogP contribution in [0.25, 0.3) is 0 Å². The molecule has 0 radical (unpaired) electrons. The summed E-state index contributed by atoms with van der Waals surface area (Å²) < 4.78 is 18.3. The Morgan fingerprint density at radius 1 is 1.44 bits per heavy atom. The molecule has 1 atom stereocenters. The quantitative estimate of drug-likeness (QED) is 0.751. The molecule has 0 N–H and O–H groups in total. The zero-order valence-electron chi connectivity index (χ0n) is 10.6. The molecule has 2 rings (SSSR count). The van der Waals surface area contributed by atoms with E-state index in [-0.39, 0.29) is 17.7 Å². The van der Waals surface area contributed by atoms with Gasteiger partial charge in [-0.05, 0) is 44.2 Å². The summed E-state index contributed by atoms with van der Waals surface area (Å²) in [6.07, 6.45) is 2.41. The van der Waals surface area contributed by atoms with Crippen LogP contribution in [-0.2, 0) is 4.74 Å². The summed E-state index contributed by atoms with van der Waals surface area (Å²) in [5, 5.41) is 0. The van der Waals surface area contributed by atoms with Crippen LogP contribution in [0.15, 0.2) is 24.3 Å². The number of hydrogen-bond donors (Lipinski definition) is 0. The SMILES string of the molecule is CN(CC(=O)c1ccc(F)cc1)CC1CCCO1. The monoisotopic (exact) mass is 251 g/mol. The van der Waals surface area contributed by atoms with E-state index in [0.717, 1.165) is 26.0 Å². The van der Waals surface area contributed by atoms with Gasteiger partial charge in [0.25, 0.3) is 0 Å². The smallest absolute Gasteiger partial charge is 0.176 e. The van der Waals surface area contributed by atoms with Crippen LogP contribution >= 0.6 is 0 Å². The number of Topliss-reactive ketones (excluding diaryl/α,β-unsaturated/α-hetero) is 1. The molecule has 1 heterocycles. The minimum absolute atomic E-state index is 0.00972. The largest absolute Gasteiger partial charge is 0.377 e. The molecule has 98 valence electrons. The predicted octanol–water partition coefficient (Wildman–Crippen LogP) is 2.12. The lowest BCUT2D eigenvalue weighted by Gasteiger charge is -2.19. The average molecular weight is 251 g/mol. The molecule has 1 aliphatic rings. The number of hydrogen-bond acceptors (Lipinski definition) is 3. The van der Waals surface area contributed by atoms with Crippen molar-refractivity contribution >= 4 is 5.78 Å². The third-order valence-electron chi connectivity index (χ3n) is 3.12. The highest BCUT2D eigenvalue weighted by Crippen LogP contribution is 2.13. The molecule has 4 heteroatoms. The van der Waals surface area contributed by atoms with Gasteiger partial charge in [0.1, 0.15) is 5.82 Å². The summed E-state index contributed by atoms with van der Waals surface area (Å²) in [5.41, 5.74) is 0.551. The second-order valence-corrected chi connectivity index (χ2v) is 4.76. The highest BCUT2D eigenvalue weighted by molar-refractivity contribution is 5.97. The van der Waals surface area contributed by atoms with Crippen LogP contribution in [0, 0.1) is 5.82 Å². The summed E-state index contributed by atoms with van der Waals surface area (Å²) in [5.74, 6) is -0.310. The standard InChI is InChI=1S/C14H18FNO2/c1-16(9-13-3-2-8-18-13)10-14(17)11-4-6-12(15)7-5-11/h4-7,13H,2-3,8-10H2,1H3. The van der Waals surface area contributed by atoms with Crippen molar-refractivity contribution in [2.75, 3.05) is 26.7 Å². The molecule has 0 aromatic heterocycles. The Kier molecular flexibility index (Phi) is 4.44. The molecular weight excluding hydrogens is 233 g/mol. The first-order chi connectivity index (χ1) is 8.65. The zero-order chi connectivity index (χ0) is 13.0. The molecule has 3 nitrogen and oxygen atoms in total. The molecule has 18 heavy (non-hydrogen) atoms. The van der Waals surface area contributed by atoms with Gasteiger partial charge in [-0.1, -0.05) is 0 Å². The minimum Gasteiger partial charge on any atom is -0.377 e. The van der Waals surface area contributed by atoms with Crippen molar-refractivity contribution < 1.29 is 13.9 Å². The fraction of sp³-hybridized carbons (Fsp3) is 0.500. The molecule has 1 saturated heterocycles. The lowest BCUT2D eigenvalue weighted by molar-refractivity contribution is 0.0740. The molecule has 1 aromatic rings. The van der Waals surface area contributed by atoms with E-state index < -0.39 is 0 Å². The average Bonchev–Trinajstić information content (AvgIpc) is 2.82. The third-order valence-corrected chi connectivity index (χ3v) is 3.12. The Morgan fingerprint density at radius 3 is 2.78 bits per heavy atom. The van der Waals surface area contributed by atoms with Gasteiger partial charge in [0.15, 0.2) is 5.78 Å². The maximum atomic E-state index is 12.7. The van der Waals surface area contributed by atoms with Gasteiger partial charge in [-0.15, -0.1) is 0 Å². The van der Waals surface area contributed by atoms with Gasteiger partial charge < -0.3 is 4.74 Å². The summed E-state index contributed by atoms with van der Waals surface area (Å²) in [6.45, 7) is 1.93. The van der Waals surface area contributed by atoms with E-state index in [4.69, 9.17) is 4.74 Å². The summed E-state index contributed by atoms with van der Waals surface area (Å²) in [7, 11) is 1.91. The molecule has 0 saturated carbocycles. The van der Waals surface area contributed by atoms with Gasteiger partial charge in [0.05, 0.1) is 12.6 Å². The number of carbonyl (C=O) groups is 1. The summed E-state index contributed by atoms with van der Waals surface area (Å²) in [6, 6.07) is 5.68. The van der Waals surface area contributed by atoms with Crippen molar-refractivity contribution in [3.8, 4) is 0 Å². The number of carbonyl (C=O) groups excluding carboxylic acids is 1. The molecule has 0 bridgehead atoms. The van der Waals surface area contributed by atoms with Crippen LogP contribution in [-0.4, -0.2) is 43.5 Å². The molecule has 1 fully saturated rings. The Hall–Kier alpha value is -1.26. The fourth-order valence-corrected chi connectivity index (χ4v) is 2.17. The Bertz CT molecular complexity index is 399. The summed E-state index contributed by atoms with van der Waals surface area (Å²) >= 11 is 0. The maximum absolute atomic E-state index is 12.7. The molecule has 1 aromatic carbocycles. The van der Waals surface area contributed by atoms with Gasteiger partial charge in [-0.25, -0.2) is 4.39 Å². The second kappa shape index (κ2) is 6.07. The maximum Gasteiger partial charge on any atom is 0.176 e. The number of likely N-dealkylation sites (N-methyl/N-ethyl adjacent to an activating group) is 1. The van der Waals surface area contributed by atoms with Crippen molar-refractivity contribution in [3.63, 3.8) is 0 Å². The fourth-order valence-electron chi connectivity index (χ4n) is 2.17. The normalized spacial score (nSPS) is 19.4. The van der Waals surface area contributed by atoms with E-state index >= 15 is 0 Å². The first kappa shape index (κ1) is 13.2. The van der Waals surface area contributed by atoms with Gasteiger partial charge in [0.2, 0.25) is 0 Å². The first-order valence-corrected chi connectivity index (χ1v) is 6.24. The van der Waals surface area contributed by atoms with Crippen molar-refractivity contribution in [1.29, 1.82) is 0 Å². The van der Waals surface area contributed by atoms with Crippen LogP contribution in [0.1, 0.15) is 23.2 Å². The number of ether oxygens (including phenoxy) is 1. The number of nitrogens with zero attached hydrogens (tertiary/aromatic N) is 1. The van der Waals surface area contributed by atoms with E-state index in [1.165, 1.54) is 24.3 Å². The predicted molar refractivity (Wildman–Crippen MR) is 67.2 cm³/mol. The van der Waals surface area contributed by atoms with Crippen LogP contribution in [0.5, 0.6) is 0 Å². The van der Waals surface area contributed by atoms with Gasteiger partial charge in [-0.2, -0.15) is 0 Å². The summed E-state index contributed by atoms with van der Waals surface area (Å²) in [4.78, 5) is 13.9. The van der Waals surface area contributed by atoms with E-state index in [0.29, 0.717) is 12.1 Å².